The van der Waals surface area contributed by atoms with E-state index in [0.29, 0.717) is 35.8 Å². The van der Waals surface area contributed by atoms with Gasteiger partial charge >= 0.3 is 0 Å². The lowest BCUT2D eigenvalue weighted by molar-refractivity contribution is 0.0962. The van der Waals surface area contributed by atoms with Gasteiger partial charge in [0.25, 0.3) is 11.1 Å². The average molecular weight is 749 g/mol. The van der Waals surface area contributed by atoms with E-state index in [9.17, 15) is 19.2 Å². The van der Waals surface area contributed by atoms with Crippen LogP contribution in [0.4, 0.5) is 0 Å². The predicted octanol–water partition coefficient (Wildman–Crippen LogP) is 5.91. The summed E-state index contributed by atoms with van der Waals surface area (Å²) in [5.41, 5.74) is 7.73. The summed E-state index contributed by atoms with van der Waals surface area (Å²) >= 11 is 0. The average Bonchev–Trinajstić information content (AvgIpc) is 3.24. The predicted molar refractivity (Wildman–Crippen MR) is 215 cm³/mol. The highest BCUT2D eigenvalue weighted by Crippen LogP contribution is 2.19. The van der Waals surface area contributed by atoms with Gasteiger partial charge in [0.2, 0.25) is 0 Å². The second-order valence-electron chi connectivity index (χ2n) is 13.9. The first kappa shape index (κ1) is 37.9. The fraction of sp³-hybridized carbons (Fsp3) is 0.217. The first-order chi connectivity index (χ1) is 27.4. The maximum absolute atomic E-state index is 12.6. The highest BCUT2D eigenvalue weighted by Gasteiger charge is 2.15. The normalized spacial score (nSPS) is 13.0. The molecule has 0 radical (unpaired) electrons. The molecule has 284 valence electrons. The van der Waals surface area contributed by atoms with E-state index in [-0.39, 0.29) is 35.8 Å². The number of nitrogens with one attached hydrogen (secondary N) is 2. The van der Waals surface area contributed by atoms with E-state index < -0.39 is 0 Å². The van der Waals surface area contributed by atoms with Gasteiger partial charge in [0, 0.05) is 48.7 Å². The molecule has 4 aromatic carbocycles. The summed E-state index contributed by atoms with van der Waals surface area (Å²) in [6.07, 6.45) is 5.18. The van der Waals surface area contributed by atoms with E-state index in [0.717, 1.165) is 61.3 Å². The van der Waals surface area contributed by atoms with Crippen LogP contribution >= 0.6 is 0 Å². The van der Waals surface area contributed by atoms with Gasteiger partial charge in [-0.2, -0.15) is 0 Å². The van der Waals surface area contributed by atoms with Crippen molar-refractivity contribution in [2.75, 3.05) is 13.1 Å². The van der Waals surface area contributed by atoms with Crippen LogP contribution in [0, 0.1) is 0 Å². The first-order valence-corrected chi connectivity index (χ1v) is 18.8. The second-order valence-corrected chi connectivity index (χ2v) is 13.9. The molecule has 2 N–H and O–H groups in total. The molecular weight excluding hydrogens is 705 g/mol. The third-order valence-corrected chi connectivity index (χ3v) is 9.89. The van der Waals surface area contributed by atoms with Crippen LogP contribution in [0.3, 0.4) is 0 Å². The summed E-state index contributed by atoms with van der Waals surface area (Å²) < 4.78 is 14.2. The standard InChI is InChI=1S/2C23H22N2O3/c2*26-22(19-7-6-18-8-10-24-14-20(18)12-19)15-25-11-9-21(13-23(25)27)28-16-17-4-2-1-3-5-17/h2*1-7,9,11-13,24H,8,10,14-16H2. The fourth-order valence-electron chi connectivity index (χ4n) is 6.70. The molecule has 2 aliphatic rings. The minimum Gasteiger partial charge on any atom is -0.489 e. The molecule has 2 aliphatic heterocycles. The number of ketones is 2. The summed E-state index contributed by atoms with van der Waals surface area (Å²) in [4.78, 5) is 50.0. The molecule has 0 amide bonds. The Balaban J connectivity index is 0.000000172. The number of fused-ring (bicyclic) bond motifs is 2. The molecule has 0 spiro atoms. The number of carbonyl (C=O) groups excluding carboxylic acids is 2. The highest BCUT2D eigenvalue weighted by atomic mass is 16.5. The van der Waals surface area contributed by atoms with Gasteiger partial charge in [0.1, 0.15) is 24.7 Å². The summed E-state index contributed by atoms with van der Waals surface area (Å²) in [7, 11) is 0. The lowest BCUT2D eigenvalue weighted by Crippen LogP contribution is -2.25. The van der Waals surface area contributed by atoms with Gasteiger partial charge in [-0.05, 0) is 83.6 Å². The van der Waals surface area contributed by atoms with Gasteiger partial charge in [0.15, 0.2) is 11.6 Å². The Kier molecular flexibility index (Phi) is 12.4. The minimum absolute atomic E-state index is 0.0179. The van der Waals surface area contributed by atoms with Crippen molar-refractivity contribution in [1.29, 1.82) is 0 Å². The Bertz CT molecular complexity index is 2250. The molecule has 0 atom stereocenters. The van der Waals surface area contributed by atoms with Crippen molar-refractivity contribution in [2.45, 2.75) is 52.2 Å². The van der Waals surface area contributed by atoms with E-state index in [1.54, 1.807) is 24.5 Å². The number of pyridine rings is 2. The van der Waals surface area contributed by atoms with E-state index in [1.165, 1.54) is 32.4 Å². The number of hydrogen-bond acceptors (Lipinski definition) is 8. The van der Waals surface area contributed by atoms with E-state index >= 15 is 0 Å². The molecule has 0 aliphatic carbocycles. The molecule has 10 nitrogen and oxygen atoms in total. The van der Waals surface area contributed by atoms with Gasteiger partial charge in [-0.1, -0.05) is 84.9 Å². The SMILES string of the molecule is O=C(Cn1ccc(OCc2ccccc2)cc1=O)c1ccc2c(c1)CNCC2.O=C(Cn1ccc(OCc2ccccc2)cc1=O)c1ccc2c(c1)CNCC2. The number of hydrogen-bond donors (Lipinski definition) is 2. The van der Waals surface area contributed by atoms with Crippen LogP contribution in [-0.4, -0.2) is 33.8 Å². The molecular formula is C46H44N4O6. The second kappa shape index (κ2) is 18.3. The lowest BCUT2D eigenvalue weighted by atomic mass is 9.97. The molecule has 2 aromatic heterocycles. The Hall–Kier alpha value is -6.36. The van der Waals surface area contributed by atoms with Gasteiger partial charge in [-0.25, -0.2) is 0 Å². The van der Waals surface area contributed by atoms with Crippen molar-refractivity contribution in [2.24, 2.45) is 0 Å². The van der Waals surface area contributed by atoms with Gasteiger partial charge in [-0.15, -0.1) is 0 Å². The van der Waals surface area contributed by atoms with Gasteiger partial charge in [0.05, 0.1) is 13.1 Å². The largest absolute Gasteiger partial charge is 0.489 e. The molecule has 6 aromatic rings. The maximum Gasteiger partial charge on any atom is 0.254 e. The fourth-order valence-corrected chi connectivity index (χ4v) is 6.70. The van der Waals surface area contributed by atoms with Crippen LogP contribution in [0.2, 0.25) is 0 Å². The Morgan fingerprint density at radius 1 is 0.518 bits per heavy atom. The zero-order chi connectivity index (χ0) is 38.7. The number of carbonyl (C=O) groups is 2. The van der Waals surface area contributed by atoms with Crippen LogP contribution in [0.15, 0.2) is 143 Å². The molecule has 8 rings (SSSR count). The zero-order valence-electron chi connectivity index (χ0n) is 31.1. The van der Waals surface area contributed by atoms with Crippen molar-refractivity contribution in [3.8, 4) is 11.5 Å². The molecule has 10 heteroatoms. The molecule has 0 fully saturated rings. The monoisotopic (exact) mass is 748 g/mol. The summed E-state index contributed by atoms with van der Waals surface area (Å²) in [5, 5.41) is 6.63. The molecule has 0 saturated carbocycles. The minimum atomic E-state index is -0.251. The van der Waals surface area contributed by atoms with Crippen LogP contribution < -0.4 is 31.2 Å². The van der Waals surface area contributed by atoms with E-state index in [1.807, 2.05) is 97.1 Å². The first-order valence-electron chi connectivity index (χ1n) is 18.8. The Morgan fingerprint density at radius 2 is 0.946 bits per heavy atom. The van der Waals surface area contributed by atoms with Crippen molar-refractivity contribution in [1.82, 2.24) is 19.8 Å². The lowest BCUT2D eigenvalue weighted by Gasteiger charge is -2.17. The van der Waals surface area contributed by atoms with Gasteiger partial charge < -0.3 is 29.2 Å². The summed E-state index contributed by atoms with van der Waals surface area (Å²) in [6.45, 7) is 4.32. The zero-order valence-corrected chi connectivity index (χ0v) is 31.1. The van der Waals surface area contributed by atoms with Crippen LogP contribution in [0.25, 0.3) is 0 Å². The number of Topliss-reactive ketones (excluding diaryl/α,β-unsaturated/α-hetero) is 2. The number of benzene rings is 4. The van der Waals surface area contributed by atoms with Crippen LogP contribution in [0.1, 0.15) is 54.1 Å². The molecule has 0 bridgehead atoms. The number of aromatic nitrogens is 2. The number of rotatable bonds is 12. The third kappa shape index (κ3) is 10.0. The number of ether oxygens (including phenoxy) is 2. The topological polar surface area (TPSA) is 121 Å². The van der Waals surface area contributed by atoms with Crippen LogP contribution in [-0.2, 0) is 52.2 Å². The quantitative estimate of drug-likeness (QED) is 0.148. The molecule has 4 heterocycles. The van der Waals surface area contributed by atoms with Crippen LogP contribution in [0.5, 0.6) is 11.5 Å². The van der Waals surface area contributed by atoms with E-state index in [4.69, 9.17) is 9.47 Å². The Labute approximate surface area is 325 Å². The summed E-state index contributed by atoms with van der Waals surface area (Å²) in [5.74, 6) is 0.844. The number of nitrogens with zero attached hydrogens (tertiary/aromatic N) is 2. The maximum atomic E-state index is 12.6. The summed E-state index contributed by atoms with van der Waals surface area (Å²) in [6, 6.07) is 37.4. The Morgan fingerprint density at radius 3 is 1.36 bits per heavy atom. The van der Waals surface area contributed by atoms with E-state index in [2.05, 4.69) is 10.6 Å². The molecule has 0 saturated heterocycles. The molecule has 0 unspecified atom stereocenters. The smallest absolute Gasteiger partial charge is 0.254 e. The highest BCUT2D eigenvalue weighted by molar-refractivity contribution is 5.96. The van der Waals surface area contributed by atoms with Crippen molar-refractivity contribution in [3.05, 3.63) is 199 Å². The van der Waals surface area contributed by atoms with Crippen molar-refractivity contribution >= 4 is 11.6 Å². The third-order valence-electron chi connectivity index (χ3n) is 9.89. The molecule has 56 heavy (non-hydrogen) atoms. The van der Waals surface area contributed by atoms with Crippen molar-refractivity contribution in [3.63, 3.8) is 0 Å². The van der Waals surface area contributed by atoms with Gasteiger partial charge in [-0.3, -0.25) is 19.2 Å². The van der Waals surface area contributed by atoms with Crippen molar-refractivity contribution < 1.29 is 19.1 Å².